The molecule has 21 heavy (non-hydrogen) atoms. The van der Waals surface area contributed by atoms with Gasteiger partial charge in [0.25, 0.3) is 0 Å². The van der Waals surface area contributed by atoms with Crippen molar-refractivity contribution >= 4 is 11.9 Å². The Hall–Kier alpha value is 0.132. The maximum Gasteiger partial charge on any atom is 2.00 e. The molecule has 1 aliphatic carbocycles. The quantitative estimate of drug-likeness (QED) is 0.243. The van der Waals surface area contributed by atoms with Gasteiger partial charge in [-0.05, 0) is 12.3 Å². The molecule has 0 saturated heterocycles. The van der Waals surface area contributed by atoms with Gasteiger partial charge in [-0.3, -0.25) is 0 Å². The zero-order chi connectivity index (χ0) is 15.2. The van der Waals surface area contributed by atoms with E-state index in [-0.39, 0.29) is 36.8 Å². The average Bonchev–Trinajstić information content (AvgIpc) is 2.71. The first-order chi connectivity index (χ1) is 9.69. The molecular weight excluding hydrogens is 482 g/mol. The van der Waals surface area contributed by atoms with Gasteiger partial charge in [0, 0.05) is 0 Å². The number of nitrogens with one attached hydrogen (secondary N) is 2. The fraction of sp³-hybridized carbons (Fsp3) is 0.722. The number of allylic oxidation sites excluding steroid dienone is 2. The Morgan fingerprint density at radius 2 is 2.00 bits per heavy atom. The van der Waals surface area contributed by atoms with E-state index in [2.05, 4.69) is 33.1 Å². The minimum Gasteiger partial charge on any atom is -0.410 e. The van der Waals surface area contributed by atoms with Crippen LogP contribution < -0.4 is 0 Å². The molecule has 118 valence electrons. The molecule has 0 aromatic carbocycles. The Labute approximate surface area is 156 Å². The molecule has 0 radical (unpaired) electrons. The van der Waals surface area contributed by atoms with Gasteiger partial charge < -0.3 is 17.7 Å². The molecular formula is C18H32N2U. The summed E-state index contributed by atoms with van der Waals surface area (Å²) in [6.45, 7) is 8.16. The summed E-state index contributed by atoms with van der Waals surface area (Å²) in [6.07, 6.45) is 16.4. The van der Waals surface area contributed by atoms with Crippen LogP contribution in [0.25, 0.3) is 0 Å². The Kier molecular flexibility index (Phi) is 18.4. The molecule has 1 aliphatic rings. The normalized spacial score (nSPS) is 17.5. The van der Waals surface area contributed by atoms with Gasteiger partial charge in [0.05, 0.1) is 0 Å². The molecule has 0 aromatic rings. The molecule has 1 atom stereocenters. The maximum atomic E-state index is 7.53. The molecule has 0 bridgehead atoms. The summed E-state index contributed by atoms with van der Waals surface area (Å²) >= 11 is 0. The molecule has 0 saturated carbocycles. The van der Waals surface area contributed by atoms with Gasteiger partial charge in [0.15, 0.2) is 0 Å². The first-order valence-electron chi connectivity index (χ1n) is 8.19. The monoisotopic (exact) mass is 514 g/mol. The van der Waals surface area contributed by atoms with Crippen molar-refractivity contribution in [1.29, 1.82) is 10.8 Å². The number of unbranched alkanes of at least 4 members (excludes halogenated alkanes) is 3. The molecule has 0 spiro atoms. The Bertz CT molecular complexity index is 294. The van der Waals surface area contributed by atoms with E-state index in [4.69, 9.17) is 10.8 Å². The molecule has 2 N–H and O–H groups in total. The Balaban J connectivity index is 0. The largest absolute Gasteiger partial charge is 2.00 e. The first kappa shape index (κ1) is 23.4. The van der Waals surface area contributed by atoms with Crippen LogP contribution in [-0.2, 0) is 0 Å². The van der Waals surface area contributed by atoms with Crippen LogP contribution in [0.1, 0.15) is 78.1 Å². The van der Waals surface area contributed by atoms with Gasteiger partial charge in [-0.15, -0.1) is 6.21 Å². The molecule has 0 fully saturated rings. The van der Waals surface area contributed by atoms with Gasteiger partial charge in [0.2, 0.25) is 0 Å². The van der Waals surface area contributed by atoms with E-state index in [1.807, 2.05) is 0 Å². The number of hydrogen-bond acceptors (Lipinski definition) is 2. The Morgan fingerprint density at radius 1 is 1.29 bits per heavy atom. The fourth-order valence-corrected chi connectivity index (χ4v) is 2.53. The summed E-state index contributed by atoms with van der Waals surface area (Å²) in [5.41, 5.74) is 1.31. The Morgan fingerprint density at radius 3 is 2.48 bits per heavy atom. The van der Waals surface area contributed by atoms with E-state index < -0.39 is 0 Å². The third-order valence-corrected chi connectivity index (χ3v) is 3.78. The molecule has 2 nitrogen and oxygen atoms in total. The smallest absolute Gasteiger partial charge is 0.410 e. The average molecular weight is 514 g/mol. The van der Waals surface area contributed by atoms with Gasteiger partial charge in [-0.2, -0.15) is 18.1 Å². The van der Waals surface area contributed by atoms with Crippen molar-refractivity contribution < 1.29 is 31.1 Å². The molecule has 0 heterocycles. The van der Waals surface area contributed by atoms with Crippen molar-refractivity contribution in [2.45, 2.75) is 78.1 Å². The summed E-state index contributed by atoms with van der Waals surface area (Å²) in [5.74, 6) is 0.826. The van der Waals surface area contributed by atoms with E-state index in [0.29, 0.717) is 0 Å². The second kappa shape index (κ2) is 16.5. The zero-order valence-electron chi connectivity index (χ0n) is 13.9. The van der Waals surface area contributed by atoms with Crippen molar-refractivity contribution in [3.63, 3.8) is 0 Å². The van der Waals surface area contributed by atoms with E-state index in [0.717, 1.165) is 30.8 Å². The van der Waals surface area contributed by atoms with Crippen LogP contribution >= 0.6 is 0 Å². The number of hydrogen-bond donors (Lipinski definition) is 2. The second-order valence-corrected chi connectivity index (χ2v) is 5.56. The van der Waals surface area contributed by atoms with Crippen molar-refractivity contribution in [2.24, 2.45) is 5.92 Å². The predicted octanol–water partition coefficient (Wildman–Crippen LogP) is 5.85. The van der Waals surface area contributed by atoms with E-state index in [1.54, 1.807) is 0 Å². The summed E-state index contributed by atoms with van der Waals surface area (Å²) in [6, 6.07) is 0. The van der Waals surface area contributed by atoms with E-state index in [9.17, 15) is 0 Å². The van der Waals surface area contributed by atoms with Gasteiger partial charge in [-0.25, -0.2) is 0 Å². The standard InChI is InChI=1S/C12H19N2.C6H13.U/c1-2-4-10-5-3-6-11(8-7-10)12(14)9-13;1-3-5-6-4-2;/h6,10,13-14H,2-5,7-8H2,1H3;1,3-6H2,2H3;/q2*-1;+2. The maximum absolute atomic E-state index is 7.53. The van der Waals surface area contributed by atoms with Crippen LogP contribution in [0.4, 0.5) is 0 Å². The topological polar surface area (TPSA) is 47.7 Å². The third kappa shape index (κ3) is 12.4. The fourth-order valence-electron chi connectivity index (χ4n) is 2.53. The molecule has 0 amide bonds. The SMILES string of the molecule is CCCC1CCC=C(C(=N)[C-]=N)CC1.[CH2-]CCCCC.[U+2]. The van der Waals surface area contributed by atoms with Crippen molar-refractivity contribution in [2.75, 3.05) is 0 Å². The minimum atomic E-state index is 0. The van der Waals surface area contributed by atoms with Crippen LogP contribution in [0.3, 0.4) is 0 Å². The molecule has 0 aromatic heterocycles. The van der Waals surface area contributed by atoms with Crippen LogP contribution in [-0.4, -0.2) is 11.9 Å². The number of rotatable bonds is 7. The van der Waals surface area contributed by atoms with Gasteiger partial charge >= 0.3 is 31.1 Å². The van der Waals surface area contributed by atoms with Crippen molar-refractivity contribution in [1.82, 2.24) is 0 Å². The molecule has 1 rings (SSSR count). The van der Waals surface area contributed by atoms with E-state index in [1.165, 1.54) is 44.9 Å². The van der Waals surface area contributed by atoms with Crippen LogP contribution in [0.15, 0.2) is 11.6 Å². The summed E-state index contributed by atoms with van der Waals surface area (Å²) in [7, 11) is 0. The molecule has 1 unspecified atom stereocenters. The van der Waals surface area contributed by atoms with Crippen molar-refractivity contribution in [3.8, 4) is 0 Å². The summed E-state index contributed by atoms with van der Waals surface area (Å²) < 4.78 is 0. The summed E-state index contributed by atoms with van der Waals surface area (Å²) in [5, 5.41) is 14.5. The van der Waals surface area contributed by atoms with Crippen LogP contribution in [0.2, 0.25) is 0 Å². The molecule has 3 heteroatoms. The zero-order valence-corrected chi connectivity index (χ0v) is 18.1. The van der Waals surface area contributed by atoms with Crippen LogP contribution in [0.5, 0.6) is 0 Å². The molecule has 0 aliphatic heterocycles. The van der Waals surface area contributed by atoms with Crippen molar-refractivity contribution in [3.05, 3.63) is 18.6 Å². The van der Waals surface area contributed by atoms with Gasteiger partial charge in [0.1, 0.15) is 0 Å². The first-order valence-corrected chi connectivity index (χ1v) is 8.19. The van der Waals surface area contributed by atoms with Crippen LogP contribution in [0, 0.1) is 54.8 Å². The summed E-state index contributed by atoms with van der Waals surface area (Å²) in [4.78, 5) is 0. The van der Waals surface area contributed by atoms with E-state index >= 15 is 0 Å². The minimum absolute atomic E-state index is 0. The third-order valence-electron chi connectivity index (χ3n) is 3.78. The predicted molar refractivity (Wildman–Crippen MR) is 89.9 cm³/mol. The second-order valence-electron chi connectivity index (χ2n) is 5.56. The van der Waals surface area contributed by atoms with Gasteiger partial charge in [-0.1, -0.05) is 70.9 Å².